The van der Waals surface area contributed by atoms with Crippen molar-refractivity contribution >= 4 is 35.7 Å². The number of hydrogen-bond acceptors (Lipinski definition) is 2. The Morgan fingerprint density at radius 3 is 1.69 bits per heavy atom. The van der Waals surface area contributed by atoms with E-state index in [1.54, 1.807) is 0 Å². The molecule has 0 radical (unpaired) electrons. The lowest BCUT2D eigenvalue weighted by atomic mass is 10.1. The standard InChI is InChI=1S/C26H22NOP/c28-26(24-18-10-11-19-25(24)27-21-12-4-1-5-13-21)20-29(22-14-6-2-7-15-22)23-16-8-3-9-17-23/h1-20,27-28H/b26-20-. The minimum atomic E-state index is -0.825. The molecule has 0 spiro atoms. The van der Waals surface area contributed by atoms with Crippen LogP contribution in [0, 0.1) is 0 Å². The molecular formula is C26H22NOP. The normalized spacial score (nSPS) is 11.4. The molecule has 4 aromatic carbocycles. The molecule has 0 unspecified atom stereocenters. The van der Waals surface area contributed by atoms with E-state index in [1.807, 2.05) is 96.8 Å². The van der Waals surface area contributed by atoms with Crippen LogP contribution in [0.2, 0.25) is 0 Å². The fourth-order valence-electron chi connectivity index (χ4n) is 3.16. The van der Waals surface area contributed by atoms with Crippen LogP contribution in [0.5, 0.6) is 0 Å². The predicted octanol–water partition coefficient (Wildman–Crippen LogP) is 6.42. The summed E-state index contributed by atoms with van der Waals surface area (Å²) in [5.74, 6) is 2.27. The van der Waals surface area contributed by atoms with Gasteiger partial charge in [0.25, 0.3) is 0 Å². The smallest absolute Gasteiger partial charge is 0.125 e. The second kappa shape index (κ2) is 9.23. The summed E-state index contributed by atoms with van der Waals surface area (Å²) in [6.45, 7) is 0. The molecule has 0 aliphatic carbocycles. The Morgan fingerprint density at radius 2 is 1.10 bits per heavy atom. The maximum absolute atomic E-state index is 11.1. The number of aliphatic hydroxyl groups excluding tert-OH is 1. The van der Waals surface area contributed by atoms with Crippen molar-refractivity contribution in [3.8, 4) is 0 Å². The van der Waals surface area contributed by atoms with E-state index in [0.29, 0.717) is 0 Å². The van der Waals surface area contributed by atoms with Gasteiger partial charge in [0, 0.05) is 16.9 Å². The van der Waals surface area contributed by atoms with E-state index in [4.69, 9.17) is 0 Å². The summed E-state index contributed by atoms with van der Waals surface area (Å²) in [5.41, 5.74) is 2.65. The monoisotopic (exact) mass is 395 g/mol. The predicted molar refractivity (Wildman–Crippen MR) is 126 cm³/mol. The second-order valence-corrected chi connectivity index (χ2v) is 8.62. The number of aliphatic hydroxyl groups is 1. The quantitative estimate of drug-likeness (QED) is 0.292. The Bertz CT molecular complexity index is 1040. The van der Waals surface area contributed by atoms with Gasteiger partial charge in [-0.05, 0) is 48.6 Å². The van der Waals surface area contributed by atoms with Gasteiger partial charge >= 0.3 is 0 Å². The summed E-state index contributed by atoms with van der Waals surface area (Å²) >= 11 is 0. The maximum atomic E-state index is 11.1. The van der Waals surface area contributed by atoms with Crippen LogP contribution < -0.4 is 15.9 Å². The molecule has 0 bridgehead atoms. The summed E-state index contributed by atoms with van der Waals surface area (Å²) in [5, 5.41) is 16.9. The van der Waals surface area contributed by atoms with Gasteiger partial charge in [0.15, 0.2) is 0 Å². The molecule has 29 heavy (non-hydrogen) atoms. The molecule has 4 rings (SSSR count). The Morgan fingerprint density at radius 1 is 0.621 bits per heavy atom. The Balaban J connectivity index is 1.73. The molecule has 2 nitrogen and oxygen atoms in total. The van der Waals surface area contributed by atoms with Crippen molar-refractivity contribution in [1.82, 2.24) is 0 Å². The number of anilines is 2. The van der Waals surface area contributed by atoms with E-state index >= 15 is 0 Å². The average Bonchev–Trinajstić information content (AvgIpc) is 2.79. The minimum Gasteiger partial charge on any atom is -0.507 e. The van der Waals surface area contributed by atoms with E-state index in [2.05, 4.69) is 29.6 Å². The maximum Gasteiger partial charge on any atom is 0.125 e. The topological polar surface area (TPSA) is 32.3 Å². The Labute approximate surface area is 172 Å². The van der Waals surface area contributed by atoms with E-state index in [-0.39, 0.29) is 5.76 Å². The lowest BCUT2D eigenvalue weighted by Gasteiger charge is -2.17. The van der Waals surface area contributed by atoms with Crippen LogP contribution in [0.4, 0.5) is 11.4 Å². The number of para-hydroxylation sites is 2. The molecule has 142 valence electrons. The highest BCUT2D eigenvalue weighted by atomic mass is 31.1. The molecule has 0 aliphatic heterocycles. The van der Waals surface area contributed by atoms with Gasteiger partial charge in [0.2, 0.25) is 0 Å². The number of nitrogens with one attached hydrogen (secondary N) is 1. The molecule has 0 amide bonds. The van der Waals surface area contributed by atoms with Crippen molar-refractivity contribution in [2.45, 2.75) is 0 Å². The molecule has 2 N–H and O–H groups in total. The third-order valence-electron chi connectivity index (χ3n) is 4.58. The first kappa shape index (κ1) is 19.0. The van der Waals surface area contributed by atoms with Crippen molar-refractivity contribution < 1.29 is 5.11 Å². The van der Waals surface area contributed by atoms with Gasteiger partial charge in [-0.3, -0.25) is 0 Å². The van der Waals surface area contributed by atoms with E-state index in [0.717, 1.165) is 16.9 Å². The van der Waals surface area contributed by atoms with Gasteiger partial charge in [-0.2, -0.15) is 0 Å². The molecule has 0 aliphatic rings. The zero-order valence-electron chi connectivity index (χ0n) is 15.9. The summed E-state index contributed by atoms with van der Waals surface area (Å²) in [7, 11) is -0.825. The van der Waals surface area contributed by atoms with E-state index < -0.39 is 7.92 Å². The van der Waals surface area contributed by atoms with Gasteiger partial charge in [0.05, 0.1) is 0 Å². The van der Waals surface area contributed by atoms with E-state index in [1.165, 1.54) is 10.6 Å². The molecule has 0 heterocycles. The highest BCUT2D eigenvalue weighted by Gasteiger charge is 2.14. The largest absolute Gasteiger partial charge is 0.507 e. The molecule has 0 aromatic heterocycles. The molecule has 3 heteroatoms. The van der Waals surface area contributed by atoms with Gasteiger partial charge in [-0.15, -0.1) is 0 Å². The highest BCUT2D eigenvalue weighted by molar-refractivity contribution is 7.76. The summed E-state index contributed by atoms with van der Waals surface area (Å²) in [6.07, 6.45) is 0. The van der Waals surface area contributed by atoms with Crippen molar-refractivity contribution in [2.75, 3.05) is 5.32 Å². The van der Waals surface area contributed by atoms with Crippen LogP contribution in [0.25, 0.3) is 5.76 Å². The Kier molecular flexibility index (Phi) is 6.04. The fourth-order valence-corrected chi connectivity index (χ4v) is 5.13. The summed E-state index contributed by atoms with van der Waals surface area (Å²) in [6, 6.07) is 38.5. The van der Waals surface area contributed by atoms with Crippen LogP contribution in [0.1, 0.15) is 5.56 Å². The summed E-state index contributed by atoms with van der Waals surface area (Å²) < 4.78 is 0. The SMILES string of the molecule is O/C(=C\P(c1ccccc1)c1ccccc1)c1ccccc1Nc1ccccc1. The lowest BCUT2D eigenvalue weighted by molar-refractivity contribution is 0.513. The van der Waals surface area contributed by atoms with Crippen LogP contribution >= 0.6 is 7.92 Å². The van der Waals surface area contributed by atoms with E-state index in [9.17, 15) is 5.11 Å². The number of rotatable bonds is 6. The molecule has 0 saturated carbocycles. The zero-order chi connectivity index (χ0) is 19.9. The van der Waals surface area contributed by atoms with Crippen molar-refractivity contribution in [3.63, 3.8) is 0 Å². The minimum absolute atomic E-state index is 0.280. The van der Waals surface area contributed by atoms with Gasteiger partial charge in [0.1, 0.15) is 5.76 Å². The van der Waals surface area contributed by atoms with Crippen molar-refractivity contribution in [1.29, 1.82) is 0 Å². The lowest BCUT2D eigenvalue weighted by Crippen LogP contribution is -2.10. The first-order valence-electron chi connectivity index (χ1n) is 9.53. The number of benzene rings is 4. The van der Waals surface area contributed by atoms with Gasteiger partial charge in [-0.25, -0.2) is 0 Å². The average molecular weight is 395 g/mol. The van der Waals surface area contributed by atoms with Gasteiger partial charge < -0.3 is 10.4 Å². The van der Waals surface area contributed by atoms with Crippen LogP contribution in [0.15, 0.2) is 121 Å². The zero-order valence-corrected chi connectivity index (χ0v) is 16.8. The summed E-state index contributed by atoms with van der Waals surface area (Å²) in [4.78, 5) is 0. The van der Waals surface area contributed by atoms with Crippen LogP contribution in [-0.4, -0.2) is 5.11 Å². The van der Waals surface area contributed by atoms with Crippen molar-refractivity contribution in [3.05, 3.63) is 127 Å². The molecule has 0 saturated heterocycles. The third kappa shape index (κ3) is 4.74. The third-order valence-corrected chi connectivity index (χ3v) is 6.79. The fraction of sp³-hybridized carbons (Fsp3) is 0. The molecular weight excluding hydrogens is 373 g/mol. The molecule has 0 atom stereocenters. The van der Waals surface area contributed by atoms with Gasteiger partial charge in [-0.1, -0.05) is 91.0 Å². The Hall–Kier alpha value is -3.35. The first-order chi connectivity index (χ1) is 14.3. The van der Waals surface area contributed by atoms with Crippen LogP contribution in [0.3, 0.4) is 0 Å². The van der Waals surface area contributed by atoms with Crippen LogP contribution in [-0.2, 0) is 0 Å². The van der Waals surface area contributed by atoms with Crippen molar-refractivity contribution in [2.24, 2.45) is 0 Å². The first-order valence-corrected chi connectivity index (χ1v) is 10.9. The number of hydrogen-bond donors (Lipinski definition) is 2. The molecule has 4 aromatic rings. The molecule has 0 fully saturated rings. The second-order valence-electron chi connectivity index (χ2n) is 6.59. The highest BCUT2D eigenvalue weighted by Crippen LogP contribution is 2.39.